The number of carbonyl (C=O) groups excluding carboxylic acids is 1. The highest BCUT2D eigenvalue weighted by atomic mass is 19.1. The molecule has 1 saturated carbocycles. The van der Waals surface area contributed by atoms with Gasteiger partial charge in [0.1, 0.15) is 23.0 Å². The van der Waals surface area contributed by atoms with Crippen LogP contribution < -0.4 is 15.5 Å². The normalized spacial score (nSPS) is 22.5. The number of fused-ring (bicyclic) bond motifs is 2. The van der Waals surface area contributed by atoms with Crippen LogP contribution in [0.3, 0.4) is 0 Å². The molecule has 37 heavy (non-hydrogen) atoms. The van der Waals surface area contributed by atoms with Gasteiger partial charge < -0.3 is 20.3 Å². The first-order chi connectivity index (χ1) is 18.0. The summed E-state index contributed by atoms with van der Waals surface area (Å²) in [4.78, 5) is 19.9. The number of nitrogens with zero attached hydrogens (tertiary/aromatic N) is 4. The van der Waals surface area contributed by atoms with E-state index in [1.54, 1.807) is 16.8 Å². The lowest BCUT2D eigenvalue weighted by Crippen LogP contribution is -2.40. The Morgan fingerprint density at radius 3 is 2.65 bits per heavy atom. The van der Waals surface area contributed by atoms with E-state index < -0.39 is 11.6 Å². The minimum Gasteiger partial charge on any atom is -0.378 e. The van der Waals surface area contributed by atoms with E-state index in [-0.39, 0.29) is 17.9 Å². The van der Waals surface area contributed by atoms with Crippen LogP contribution in [0.15, 0.2) is 60.9 Å². The number of benzene rings is 2. The number of rotatable bonds is 6. The van der Waals surface area contributed by atoms with Crippen LogP contribution in [0.2, 0.25) is 0 Å². The lowest BCUT2D eigenvalue weighted by molar-refractivity contribution is 0.0211. The van der Waals surface area contributed by atoms with E-state index >= 15 is 0 Å². The molecule has 0 radical (unpaired) electrons. The lowest BCUT2D eigenvalue weighted by atomic mass is 10.0. The summed E-state index contributed by atoms with van der Waals surface area (Å²) < 4.78 is 35.4. The van der Waals surface area contributed by atoms with Crippen LogP contribution in [0.5, 0.6) is 0 Å². The van der Waals surface area contributed by atoms with Crippen molar-refractivity contribution in [3.63, 3.8) is 0 Å². The van der Waals surface area contributed by atoms with Gasteiger partial charge in [0, 0.05) is 29.7 Å². The number of amides is 1. The summed E-state index contributed by atoms with van der Waals surface area (Å²) in [6.45, 7) is 2.09. The van der Waals surface area contributed by atoms with Crippen LogP contribution in [-0.4, -0.2) is 46.3 Å². The maximum Gasteiger partial charge on any atom is 0.261 e. The molecule has 10 heteroatoms. The molecule has 3 aliphatic rings. The van der Waals surface area contributed by atoms with Crippen molar-refractivity contribution in [3.05, 3.63) is 83.7 Å². The predicted molar refractivity (Wildman–Crippen MR) is 134 cm³/mol. The minimum absolute atomic E-state index is 0.260. The summed E-state index contributed by atoms with van der Waals surface area (Å²) in [7, 11) is 0. The molecule has 1 amide bonds. The summed E-state index contributed by atoms with van der Waals surface area (Å²) in [6.07, 6.45) is 4.21. The van der Waals surface area contributed by atoms with E-state index in [0.29, 0.717) is 60.0 Å². The fourth-order valence-electron chi connectivity index (χ4n) is 5.42. The Labute approximate surface area is 211 Å². The fraction of sp³-hybridized carbons (Fsp3) is 0.296. The van der Waals surface area contributed by atoms with E-state index in [9.17, 15) is 13.6 Å². The topological polar surface area (TPSA) is 83.8 Å². The van der Waals surface area contributed by atoms with Gasteiger partial charge in [-0.15, -0.1) is 0 Å². The van der Waals surface area contributed by atoms with Crippen molar-refractivity contribution in [2.45, 2.75) is 18.5 Å². The Morgan fingerprint density at radius 1 is 1.05 bits per heavy atom. The molecule has 4 heterocycles. The zero-order valence-electron chi connectivity index (χ0n) is 19.8. The van der Waals surface area contributed by atoms with Gasteiger partial charge in [-0.25, -0.2) is 18.3 Å². The van der Waals surface area contributed by atoms with Gasteiger partial charge in [0.25, 0.3) is 5.91 Å². The molecule has 1 aliphatic carbocycles. The van der Waals surface area contributed by atoms with Crippen molar-refractivity contribution in [2.24, 2.45) is 11.8 Å². The molecule has 2 unspecified atom stereocenters. The molecule has 2 aromatic heterocycles. The van der Waals surface area contributed by atoms with Gasteiger partial charge in [0.15, 0.2) is 5.65 Å². The molecule has 8 nitrogen and oxygen atoms in total. The number of aromatic nitrogens is 3. The second kappa shape index (κ2) is 8.52. The van der Waals surface area contributed by atoms with Crippen LogP contribution in [0.1, 0.15) is 28.4 Å². The zero-order valence-corrected chi connectivity index (χ0v) is 19.8. The highest BCUT2D eigenvalue weighted by Crippen LogP contribution is 2.57. The van der Waals surface area contributed by atoms with Gasteiger partial charge in [-0.1, -0.05) is 0 Å². The monoisotopic (exact) mass is 502 g/mol. The molecule has 7 rings (SSSR count). The molecular formula is C27H24F2N6O2. The SMILES string of the molecule is O=C(Nc1ccc(NC2COC2)cc1)c1cnn2ccc(N3CC4CC4[C@@H]3c3cc(F)ccc3F)nc12. The van der Waals surface area contributed by atoms with Crippen LogP contribution in [0.25, 0.3) is 5.65 Å². The summed E-state index contributed by atoms with van der Waals surface area (Å²) in [5, 5.41) is 10.6. The second-order valence-electron chi connectivity index (χ2n) is 9.95. The number of hydrogen-bond donors (Lipinski definition) is 2. The van der Waals surface area contributed by atoms with Gasteiger partial charge in [-0.05, 0) is 66.8 Å². The molecule has 2 saturated heterocycles. The highest BCUT2D eigenvalue weighted by molar-refractivity contribution is 6.08. The summed E-state index contributed by atoms with van der Waals surface area (Å²) >= 11 is 0. The first-order valence-electron chi connectivity index (χ1n) is 12.4. The summed E-state index contributed by atoms with van der Waals surface area (Å²) in [5.41, 5.74) is 2.69. The summed E-state index contributed by atoms with van der Waals surface area (Å²) in [5.74, 6) is 0.0863. The Hall–Kier alpha value is -4.05. The van der Waals surface area contributed by atoms with Crippen molar-refractivity contribution >= 4 is 28.7 Å². The highest BCUT2D eigenvalue weighted by Gasteiger charge is 2.54. The molecule has 0 bridgehead atoms. The predicted octanol–water partition coefficient (Wildman–Crippen LogP) is 4.27. The number of ether oxygens (including phenoxy) is 1. The molecule has 2 N–H and O–H groups in total. The number of piperidine rings is 1. The van der Waals surface area contributed by atoms with E-state index in [4.69, 9.17) is 9.72 Å². The van der Waals surface area contributed by atoms with Crippen molar-refractivity contribution in [1.29, 1.82) is 0 Å². The van der Waals surface area contributed by atoms with Crippen LogP contribution >= 0.6 is 0 Å². The first-order valence-corrected chi connectivity index (χ1v) is 12.4. The molecule has 0 spiro atoms. The van der Waals surface area contributed by atoms with Gasteiger partial charge in [0.05, 0.1) is 31.5 Å². The number of anilines is 3. The zero-order chi connectivity index (χ0) is 25.1. The van der Waals surface area contributed by atoms with Crippen molar-refractivity contribution in [1.82, 2.24) is 14.6 Å². The van der Waals surface area contributed by atoms with Gasteiger partial charge in [-0.3, -0.25) is 4.79 Å². The largest absolute Gasteiger partial charge is 0.378 e. The Kier molecular flexibility index (Phi) is 5.10. The van der Waals surface area contributed by atoms with Crippen LogP contribution in [0.4, 0.5) is 26.0 Å². The number of nitrogens with one attached hydrogen (secondary N) is 2. The number of carbonyl (C=O) groups is 1. The maximum absolute atomic E-state index is 14.7. The molecule has 188 valence electrons. The third kappa shape index (κ3) is 3.97. The van der Waals surface area contributed by atoms with Crippen LogP contribution in [0, 0.1) is 23.5 Å². The fourth-order valence-corrected chi connectivity index (χ4v) is 5.42. The van der Waals surface area contributed by atoms with Crippen molar-refractivity contribution < 1.29 is 18.3 Å². The molecule has 2 aromatic carbocycles. The Morgan fingerprint density at radius 2 is 1.86 bits per heavy atom. The molecule has 2 aliphatic heterocycles. The lowest BCUT2D eigenvalue weighted by Gasteiger charge is -2.29. The van der Waals surface area contributed by atoms with Gasteiger partial charge in [-0.2, -0.15) is 5.10 Å². The van der Waals surface area contributed by atoms with E-state index in [0.717, 1.165) is 18.2 Å². The standard InChI is InChI=1S/C27H24F2N6O2/c28-16-1-6-23(29)21(10-16)25-20-9-15(20)12-34(25)24-7-8-35-26(33-24)22(11-30-35)27(36)32-18-4-2-17(3-5-18)31-19-13-37-14-19/h1-8,10-11,15,19-20,25,31H,9,12-14H2,(H,32,36)/t15?,20?,25-/m1/s1. The molecule has 4 aromatic rings. The first kappa shape index (κ1) is 22.2. The van der Waals surface area contributed by atoms with Gasteiger partial charge in [0.2, 0.25) is 0 Å². The van der Waals surface area contributed by atoms with Crippen LogP contribution in [-0.2, 0) is 4.74 Å². The third-order valence-corrected chi connectivity index (χ3v) is 7.47. The van der Waals surface area contributed by atoms with E-state index in [2.05, 4.69) is 15.7 Å². The minimum atomic E-state index is -0.459. The molecular weight excluding hydrogens is 478 g/mol. The van der Waals surface area contributed by atoms with E-state index in [1.165, 1.54) is 18.3 Å². The number of hydrogen-bond acceptors (Lipinski definition) is 6. The average Bonchev–Trinajstić information content (AvgIpc) is 3.34. The third-order valence-electron chi connectivity index (χ3n) is 7.47. The smallest absolute Gasteiger partial charge is 0.261 e. The maximum atomic E-state index is 14.7. The summed E-state index contributed by atoms with van der Waals surface area (Å²) in [6, 6.07) is 12.9. The average molecular weight is 503 g/mol. The van der Waals surface area contributed by atoms with Crippen molar-refractivity contribution in [2.75, 3.05) is 35.3 Å². The van der Waals surface area contributed by atoms with Gasteiger partial charge >= 0.3 is 0 Å². The Balaban J connectivity index is 1.14. The Bertz CT molecular complexity index is 1500. The number of halogens is 2. The molecule has 3 fully saturated rings. The second-order valence-corrected chi connectivity index (χ2v) is 9.95. The van der Waals surface area contributed by atoms with E-state index in [1.807, 2.05) is 29.2 Å². The van der Waals surface area contributed by atoms with Crippen molar-refractivity contribution in [3.8, 4) is 0 Å². The quantitative estimate of drug-likeness (QED) is 0.410. The molecule has 3 atom stereocenters.